The normalized spacial score (nSPS) is 15.1. The highest BCUT2D eigenvalue weighted by Crippen LogP contribution is 2.27. The van der Waals surface area contributed by atoms with E-state index in [2.05, 4.69) is 4.98 Å². The van der Waals surface area contributed by atoms with Crippen LogP contribution in [-0.2, 0) is 5.60 Å². The third kappa shape index (κ3) is 1.86. The summed E-state index contributed by atoms with van der Waals surface area (Å²) in [6, 6.07) is 1.83. The molecule has 0 fully saturated rings. The Bertz CT molecular complexity index is 321. The molecule has 14 heavy (non-hydrogen) atoms. The SMILES string of the molecule is CCC(O)(CN)c1cc(C)cnc1N. The predicted octanol–water partition coefficient (Wildman–Crippen LogP) is 0.529. The van der Waals surface area contributed by atoms with E-state index in [0.717, 1.165) is 5.56 Å². The van der Waals surface area contributed by atoms with Gasteiger partial charge in [0.25, 0.3) is 0 Å². The standard InChI is InChI=1S/C10H17N3O/c1-3-10(14,6-11)8-4-7(2)5-13-9(8)12/h4-5,14H,3,6,11H2,1-2H3,(H2,12,13). The molecule has 1 unspecified atom stereocenters. The molecule has 0 saturated carbocycles. The van der Waals surface area contributed by atoms with E-state index in [4.69, 9.17) is 11.5 Å². The van der Waals surface area contributed by atoms with Crippen molar-refractivity contribution in [2.45, 2.75) is 25.9 Å². The molecule has 0 spiro atoms. The summed E-state index contributed by atoms with van der Waals surface area (Å²) in [5.74, 6) is 0.352. The van der Waals surface area contributed by atoms with Crippen molar-refractivity contribution in [3.63, 3.8) is 0 Å². The zero-order valence-corrected chi connectivity index (χ0v) is 8.62. The lowest BCUT2D eigenvalue weighted by atomic mass is 9.91. The van der Waals surface area contributed by atoms with E-state index < -0.39 is 5.60 Å². The molecule has 4 nitrogen and oxygen atoms in total. The minimum absolute atomic E-state index is 0.152. The summed E-state index contributed by atoms with van der Waals surface area (Å²) in [6.07, 6.45) is 2.20. The summed E-state index contributed by atoms with van der Waals surface area (Å²) >= 11 is 0. The average Bonchev–Trinajstić information content (AvgIpc) is 2.20. The van der Waals surface area contributed by atoms with Gasteiger partial charge in [0.15, 0.2) is 0 Å². The molecule has 78 valence electrons. The van der Waals surface area contributed by atoms with Crippen molar-refractivity contribution in [1.82, 2.24) is 4.98 Å². The van der Waals surface area contributed by atoms with Crippen LogP contribution in [0.5, 0.6) is 0 Å². The highest BCUT2D eigenvalue weighted by atomic mass is 16.3. The van der Waals surface area contributed by atoms with Gasteiger partial charge in [-0.15, -0.1) is 0 Å². The maximum atomic E-state index is 10.2. The Kier molecular flexibility index (Phi) is 3.08. The number of anilines is 1. The van der Waals surface area contributed by atoms with E-state index in [9.17, 15) is 5.11 Å². The number of hydrogen-bond acceptors (Lipinski definition) is 4. The fourth-order valence-corrected chi connectivity index (χ4v) is 1.40. The van der Waals surface area contributed by atoms with Gasteiger partial charge in [0, 0.05) is 18.3 Å². The van der Waals surface area contributed by atoms with Gasteiger partial charge in [-0.25, -0.2) is 4.98 Å². The molecule has 0 aliphatic rings. The molecule has 1 aromatic rings. The molecule has 0 radical (unpaired) electrons. The maximum Gasteiger partial charge on any atom is 0.129 e. The number of hydrogen-bond donors (Lipinski definition) is 3. The van der Waals surface area contributed by atoms with Crippen LogP contribution < -0.4 is 11.5 Å². The van der Waals surface area contributed by atoms with Crippen molar-refractivity contribution in [2.24, 2.45) is 5.73 Å². The van der Waals surface area contributed by atoms with Gasteiger partial charge in [-0.3, -0.25) is 0 Å². The van der Waals surface area contributed by atoms with Crippen LogP contribution in [0.1, 0.15) is 24.5 Å². The van der Waals surface area contributed by atoms with Crippen LogP contribution in [0.2, 0.25) is 0 Å². The number of nitrogen functional groups attached to an aromatic ring is 1. The first-order valence-electron chi connectivity index (χ1n) is 4.68. The van der Waals surface area contributed by atoms with Crippen LogP contribution in [-0.4, -0.2) is 16.6 Å². The van der Waals surface area contributed by atoms with Crippen molar-refractivity contribution in [3.05, 3.63) is 23.4 Å². The molecule has 0 aromatic carbocycles. The molecule has 1 atom stereocenters. The molecule has 0 aliphatic heterocycles. The number of nitrogens with two attached hydrogens (primary N) is 2. The van der Waals surface area contributed by atoms with Gasteiger partial charge < -0.3 is 16.6 Å². The van der Waals surface area contributed by atoms with E-state index in [-0.39, 0.29) is 6.54 Å². The number of aromatic nitrogens is 1. The number of aryl methyl sites for hydroxylation is 1. The third-order valence-electron chi connectivity index (χ3n) is 2.48. The number of rotatable bonds is 3. The van der Waals surface area contributed by atoms with Crippen LogP contribution in [0.3, 0.4) is 0 Å². The first-order chi connectivity index (χ1) is 6.53. The summed E-state index contributed by atoms with van der Waals surface area (Å²) in [6.45, 7) is 3.93. The molecule has 5 N–H and O–H groups in total. The maximum absolute atomic E-state index is 10.2. The lowest BCUT2D eigenvalue weighted by Gasteiger charge is -2.26. The number of aliphatic hydroxyl groups is 1. The Morgan fingerprint density at radius 3 is 2.71 bits per heavy atom. The van der Waals surface area contributed by atoms with Gasteiger partial charge in [0.05, 0.1) is 0 Å². The lowest BCUT2D eigenvalue weighted by molar-refractivity contribution is 0.0423. The summed E-state index contributed by atoms with van der Waals surface area (Å²) in [5.41, 5.74) is 11.8. The molecule has 0 aliphatic carbocycles. The summed E-state index contributed by atoms with van der Waals surface area (Å²) < 4.78 is 0. The van der Waals surface area contributed by atoms with Crippen molar-refractivity contribution >= 4 is 5.82 Å². The van der Waals surface area contributed by atoms with Crippen molar-refractivity contribution in [3.8, 4) is 0 Å². The molecule has 0 saturated heterocycles. The zero-order chi connectivity index (χ0) is 10.8. The van der Waals surface area contributed by atoms with Gasteiger partial charge in [-0.2, -0.15) is 0 Å². The minimum Gasteiger partial charge on any atom is -0.384 e. The van der Waals surface area contributed by atoms with Gasteiger partial charge >= 0.3 is 0 Å². The van der Waals surface area contributed by atoms with Crippen LogP contribution in [0, 0.1) is 6.92 Å². The van der Waals surface area contributed by atoms with Crippen molar-refractivity contribution in [1.29, 1.82) is 0 Å². The van der Waals surface area contributed by atoms with Crippen molar-refractivity contribution < 1.29 is 5.11 Å². The minimum atomic E-state index is -1.05. The fourth-order valence-electron chi connectivity index (χ4n) is 1.40. The molecular formula is C10H17N3O. The monoisotopic (exact) mass is 195 g/mol. The second-order valence-electron chi connectivity index (χ2n) is 3.53. The Morgan fingerprint density at radius 1 is 1.57 bits per heavy atom. The molecule has 1 aromatic heterocycles. The second kappa shape index (κ2) is 3.94. The van der Waals surface area contributed by atoms with E-state index in [1.165, 1.54) is 0 Å². The zero-order valence-electron chi connectivity index (χ0n) is 8.62. The smallest absolute Gasteiger partial charge is 0.129 e. The van der Waals surface area contributed by atoms with Crippen LogP contribution >= 0.6 is 0 Å². The molecule has 1 heterocycles. The Morgan fingerprint density at radius 2 is 2.21 bits per heavy atom. The fraction of sp³-hybridized carbons (Fsp3) is 0.500. The highest BCUT2D eigenvalue weighted by Gasteiger charge is 2.28. The number of pyridine rings is 1. The molecule has 0 amide bonds. The quantitative estimate of drug-likeness (QED) is 0.656. The lowest BCUT2D eigenvalue weighted by Crippen LogP contribution is -2.35. The molecular weight excluding hydrogens is 178 g/mol. The first-order valence-corrected chi connectivity index (χ1v) is 4.68. The molecule has 4 heteroatoms. The Hall–Kier alpha value is -1.13. The average molecular weight is 195 g/mol. The topological polar surface area (TPSA) is 85.2 Å². The van der Waals surface area contributed by atoms with Crippen molar-refractivity contribution in [2.75, 3.05) is 12.3 Å². The largest absolute Gasteiger partial charge is 0.384 e. The highest BCUT2D eigenvalue weighted by molar-refractivity contribution is 5.44. The Labute approximate surface area is 83.9 Å². The summed E-state index contributed by atoms with van der Waals surface area (Å²) in [7, 11) is 0. The van der Waals surface area contributed by atoms with E-state index in [0.29, 0.717) is 17.8 Å². The molecule has 0 bridgehead atoms. The van der Waals surface area contributed by atoms with Gasteiger partial charge in [-0.05, 0) is 25.0 Å². The van der Waals surface area contributed by atoms with E-state index >= 15 is 0 Å². The van der Waals surface area contributed by atoms with Crippen LogP contribution in [0.25, 0.3) is 0 Å². The van der Waals surface area contributed by atoms with E-state index in [1.54, 1.807) is 6.20 Å². The van der Waals surface area contributed by atoms with Crippen LogP contribution in [0.4, 0.5) is 5.82 Å². The van der Waals surface area contributed by atoms with Gasteiger partial charge in [0.2, 0.25) is 0 Å². The summed E-state index contributed by atoms with van der Waals surface area (Å²) in [5, 5.41) is 10.2. The van der Waals surface area contributed by atoms with E-state index in [1.807, 2.05) is 19.9 Å². The second-order valence-corrected chi connectivity index (χ2v) is 3.53. The summed E-state index contributed by atoms with van der Waals surface area (Å²) in [4.78, 5) is 4.00. The van der Waals surface area contributed by atoms with Gasteiger partial charge in [-0.1, -0.05) is 6.92 Å². The van der Waals surface area contributed by atoms with Gasteiger partial charge in [0.1, 0.15) is 11.4 Å². The number of nitrogens with zero attached hydrogens (tertiary/aromatic N) is 1. The molecule has 1 rings (SSSR count). The first kappa shape index (κ1) is 10.9. The Balaban J connectivity index is 3.22. The van der Waals surface area contributed by atoms with Crippen LogP contribution in [0.15, 0.2) is 12.3 Å². The third-order valence-corrected chi connectivity index (χ3v) is 2.48. The predicted molar refractivity (Wildman–Crippen MR) is 56.6 cm³/mol.